The van der Waals surface area contributed by atoms with E-state index < -0.39 is 0 Å². The van der Waals surface area contributed by atoms with Crippen molar-refractivity contribution in [1.82, 2.24) is 15.5 Å². The first-order chi connectivity index (χ1) is 12.6. The van der Waals surface area contributed by atoms with Gasteiger partial charge in [0.05, 0.1) is 13.2 Å². The summed E-state index contributed by atoms with van der Waals surface area (Å²) in [7, 11) is 0. The van der Waals surface area contributed by atoms with Gasteiger partial charge >= 0.3 is 0 Å². The smallest absolute Gasteiger partial charge is 0.191 e. The quantitative estimate of drug-likeness (QED) is 0.336. The van der Waals surface area contributed by atoms with E-state index in [-0.39, 0.29) is 24.0 Å². The van der Waals surface area contributed by atoms with E-state index in [4.69, 9.17) is 9.73 Å². The highest BCUT2D eigenvalue weighted by Crippen LogP contribution is 2.09. The van der Waals surface area contributed by atoms with Crippen molar-refractivity contribution in [3.8, 4) is 0 Å². The van der Waals surface area contributed by atoms with E-state index in [0.717, 1.165) is 64.9 Å². The van der Waals surface area contributed by atoms with E-state index in [2.05, 4.69) is 61.4 Å². The van der Waals surface area contributed by atoms with Crippen LogP contribution >= 0.6 is 24.0 Å². The molecule has 154 valence electrons. The van der Waals surface area contributed by atoms with Crippen LogP contribution in [-0.4, -0.2) is 63.3 Å². The van der Waals surface area contributed by atoms with E-state index in [1.807, 2.05) is 0 Å². The van der Waals surface area contributed by atoms with Crippen molar-refractivity contribution in [2.75, 3.05) is 52.5 Å². The number of aliphatic imine (C=N–C) groups is 1. The molecule has 1 aliphatic rings. The lowest BCUT2D eigenvalue weighted by atomic mass is 10.1. The molecule has 0 spiro atoms. The summed E-state index contributed by atoms with van der Waals surface area (Å²) in [5, 5.41) is 6.83. The molecule has 6 heteroatoms. The van der Waals surface area contributed by atoms with Crippen LogP contribution in [-0.2, 0) is 11.2 Å². The minimum absolute atomic E-state index is 0. The van der Waals surface area contributed by atoms with Gasteiger partial charge in [-0.15, -0.1) is 24.0 Å². The molecule has 0 bridgehead atoms. The molecule has 0 aliphatic carbocycles. The second-order valence-electron chi connectivity index (χ2n) is 7.41. The molecular formula is C21H37IN4O. The van der Waals surface area contributed by atoms with Crippen LogP contribution in [0.1, 0.15) is 30.5 Å². The minimum atomic E-state index is 0. The molecule has 1 atom stereocenters. The Morgan fingerprint density at radius 3 is 2.44 bits per heavy atom. The van der Waals surface area contributed by atoms with Gasteiger partial charge in [0.1, 0.15) is 0 Å². The molecule has 1 aromatic rings. The first-order valence-electron chi connectivity index (χ1n) is 9.96. The van der Waals surface area contributed by atoms with Gasteiger partial charge in [-0.3, -0.25) is 9.89 Å². The van der Waals surface area contributed by atoms with E-state index in [9.17, 15) is 0 Å². The summed E-state index contributed by atoms with van der Waals surface area (Å²) >= 11 is 0. The zero-order chi connectivity index (χ0) is 18.8. The number of hydrogen-bond acceptors (Lipinski definition) is 3. The first-order valence-corrected chi connectivity index (χ1v) is 9.96. The fourth-order valence-corrected chi connectivity index (χ4v) is 3.41. The van der Waals surface area contributed by atoms with Crippen LogP contribution in [0, 0.1) is 19.8 Å². The molecular weight excluding hydrogens is 451 g/mol. The van der Waals surface area contributed by atoms with Gasteiger partial charge < -0.3 is 15.4 Å². The molecule has 1 unspecified atom stereocenters. The van der Waals surface area contributed by atoms with Crippen LogP contribution in [0.25, 0.3) is 0 Å². The number of hydrogen-bond donors (Lipinski definition) is 2. The molecule has 1 heterocycles. The fourth-order valence-electron chi connectivity index (χ4n) is 3.41. The number of rotatable bonds is 8. The molecule has 1 fully saturated rings. The third-order valence-electron chi connectivity index (χ3n) is 4.57. The van der Waals surface area contributed by atoms with Gasteiger partial charge in [0.2, 0.25) is 0 Å². The van der Waals surface area contributed by atoms with E-state index in [1.54, 1.807) is 0 Å². The SMILES string of the molecule is CCNC(=NCC(C)CN1CCOCC1)NCCc1cc(C)cc(C)c1.I. The minimum Gasteiger partial charge on any atom is -0.379 e. The molecule has 2 rings (SSSR count). The van der Waals surface area contributed by atoms with Gasteiger partial charge in [0.15, 0.2) is 5.96 Å². The van der Waals surface area contributed by atoms with Crippen molar-refractivity contribution in [2.45, 2.75) is 34.1 Å². The summed E-state index contributed by atoms with van der Waals surface area (Å²) in [6.07, 6.45) is 1.01. The molecule has 0 aromatic heterocycles. The number of morpholine rings is 1. The maximum absolute atomic E-state index is 5.42. The summed E-state index contributed by atoms with van der Waals surface area (Å²) in [6, 6.07) is 6.75. The molecule has 5 nitrogen and oxygen atoms in total. The number of ether oxygens (including phenoxy) is 1. The lowest BCUT2D eigenvalue weighted by molar-refractivity contribution is 0.0323. The second kappa shape index (κ2) is 13.3. The van der Waals surface area contributed by atoms with Crippen LogP contribution in [0.4, 0.5) is 0 Å². The molecule has 0 saturated carbocycles. The highest BCUT2D eigenvalue weighted by atomic mass is 127. The summed E-state index contributed by atoms with van der Waals surface area (Å²) in [4.78, 5) is 7.26. The van der Waals surface area contributed by atoms with Gasteiger partial charge in [-0.05, 0) is 38.7 Å². The third-order valence-corrected chi connectivity index (χ3v) is 4.57. The lowest BCUT2D eigenvalue weighted by Gasteiger charge is -2.28. The Kier molecular flexibility index (Phi) is 11.9. The third kappa shape index (κ3) is 9.76. The van der Waals surface area contributed by atoms with Crippen molar-refractivity contribution in [3.63, 3.8) is 0 Å². The van der Waals surface area contributed by atoms with Crippen LogP contribution in [0.15, 0.2) is 23.2 Å². The van der Waals surface area contributed by atoms with Crippen LogP contribution < -0.4 is 10.6 Å². The Bertz CT molecular complexity index is 553. The normalized spacial score (nSPS) is 16.5. The van der Waals surface area contributed by atoms with Crippen molar-refractivity contribution in [1.29, 1.82) is 0 Å². The van der Waals surface area contributed by atoms with Crippen molar-refractivity contribution in [3.05, 3.63) is 34.9 Å². The summed E-state index contributed by atoms with van der Waals surface area (Å²) in [6.45, 7) is 16.2. The van der Waals surface area contributed by atoms with Crippen molar-refractivity contribution in [2.24, 2.45) is 10.9 Å². The molecule has 2 N–H and O–H groups in total. The summed E-state index contributed by atoms with van der Waals surface area (Å²) in [5.41, 5.74) is 4.04. The molecule has 1 saturated heterocycles. The number of nitrogens with zero attached hydrogens (tertiary/aromatic N) is 2. The molecule has 27 heavy (non-hydrogen) atoms. The van der Waals surface area contributed by atoms with Crippen LogP contribution in [0.5, 0.6) is 0 Å². The Morgan fingerprint density at radius 1 is 1.15 bits per heavy atom. The Hall–Kier alpha value is -0.860. The van der Waals surface area contributed by atoms with Gasteiger partial charge in [-0.1, -0.05) is 36.2 Å². The monoisotopic (exact) mass is 488 g/mol. The highest BCUT2D eigenvalue weighted by Gasteiger charge is 2.13. The van der Waals surface area contributed by atoms with Gasteiger partial charge in [-0.25, -0.2) is 0 Å². The zero-order valence-electron chi connectivity index (χ0n) is 17.4. The summed E-state index contributed by atoms with van der Waals surface area (Å²) < 4.78 is 5.42. The number of aryl methyl sites for hydroxylation is 2. The second-order valence-corrected chi connectivity index (χ2v) is 7.41. The van der Waals surface area contributed by atoms with Crippen LogP contribution in [0.3, 0.4) is 0 Å². The topological polar surface area (TPSA) is 48.9 Å². The molecule has 0 radical (unpaired) electrons. The number of benzene rings is 1. The fraction of sp³-hybridized carbons (Fsp3) is 0.667. The average molecular weight is 488 g/mol. The number of halogens is 1. The maximum atomic E-state index is 5.42. The van der Waals surface area contributed by atoms with Gasteiger partial charge in [-0.2, -0.15) is 0 Å². The molecule has 1 aliphatic heterocycles. The molecule has 0 amide bonds. The van der Waals surface area contributed by atoms with Crippen molar-refractivity contribution >= 4 is 29.9 Å². The van der Waals surface area contributed by atoms with Crippen LogP contribution in [0.2, 0.25) is 0 Å². The predicted molar refractivity (Wildman–Crippen MR) is 125 cm³/mol. The number of guanidine groups is 1. The van der Waals surface area contributed by atoms with E-state index in [0.29, 0.717) is 5.92 Å². The van der Waals surface area contributed by atoms with Gasteiger partial charge in [0, 0.05) is 39.3 Å². The summed E-state index contributed by atoms with van der Waals surface area (Å²) in [5.74, 6) is 1.47. The lowest BCUT2D eigenvalue weighted by Crippen LogP contribution is -2.40. The first kappa shape index (κ1) is 24.2. The van der Waals surface area contributed by atoms with E-state index >= 15 is 0 Å². The Labute approximate surface area is 182 Å². The maximum Gasteiger partial charge on any atom is 0.191 e. The van der Waals surface area contributed by atoms with Gasteiger partial charge in [0.25, 0.3) is 0 Å². The molecule has 1 aromatic carbocycles. The Morgan fingerprint density at radius 2 is 1.81 bits per heavy atom. The Balaban J connectivity index is 0.00000364. The average Bonchev–Trinajstić information content (AvgIpc) is 2.60. The predicted octanol–water partition coefficient (Wildman–Crippen LogP) is 2.99. The number of nitrogens with one attached hydrogen (secondary N) is 2. The zero-order valence-corrected chi connectivity index (χ0v) is 19.7. The largest absolute Gasteiger partial charge is 0.379 e. The standard InChI is InChI=1S/C21H36N4O.HI/c1-5-22-21(23-7-6-20-13-17(2)12-18(3)14-20)24-15-19(4)16-25-8-10-26-11-9-25;/h12-14,19H,5-11,15-16H2,1-4H3,(H2,22,23,24);1H. The highest BCUT2D eigenvalue weighted by molar-refractivity contribution is 14.0. The van der Waals surface area contributed by atoms with E-state index in [1.165, 1.54) is 16.7 Å². The van der Waals surface area contributed by atoms with Crippen molar-refractivity contribution < 1.29 is 4.74 Å².